The van der Waals surface area contributed by atoms with Crippen LogP contribution in [-0.4, -0.2) is 37.4 Å². The lowest BCUT2D eigenvalue weighted by molar-refractivity contribution is -0.118. The van der Waals surface area contributed by atoms with Gasteiger partial charge in [0.25, 0.3) is 5.56 Å². The van der Waals surface area contributed by atoms with Crippen LogP contribution >= 0.6 is 11.8 Å². The molecule has 1 N–H and O–H groups in total. The lowest BCUT2D eigenvalue weighted by Gasteiger charge is -2.10. The molecule has 144 valence electrons. The molecule has 0 saturated carbocycles. The van der Waals surface area contributed by atoms with Crippen LogP contribution in [0.5, 0.6) is 0 Å². The number of thioether (sulfide) groups is 1. The summed E-state index contributed by atoms with van der Waals surface area (Å²) in [6, 6.07) is 7.45. The third-order valence-corrected chi connectivity index (χ3v) is 5.29. The van der Waals surface area contributed by atoms with Gasteiger partial charge in [0.05, 0.1) is 16.7 Å². The van der Waals surface area contributed by atoms with E-state index in [-0.39, 0.29) is 17.2 Å². The van der Waals surface area contributed by atoms with E-state index < -0.39 is 0 Å². The molecule has 27 heavy (non-hydrogen) atoms. The zero-order valence-corrected chi connectivity index (χ0v) is 16.6. The molecule has 0 spiro atoms. The van der Waals surface area contributed by atoms with Gasteiger partial charge in [-0.15, -0.1) is 10.2 Å². The van der Waals surface area contributed by atoms with Crippen LogP contribution in [0, 0.1) is 0 Å². The van der Waals surface area contributed by atoms with Crippen molar-refractivity contribution in [2.24, 2.45) is 0 Å². The van der Waals surface area contributed by atoms with Crippen molar-refractivity contribution < 1.29 is 4.79 Å². The van der Waals surface area contributed by atoms with Gasteiger partial charge in [0.2, 0.25) is 11.7 Å². The first-order valence-corrected chi connectivity index (χ1v) is 10.4. The average molecular weight is 388 g/mol. The van der Waals surface area contributed by atoms with Crippen LogP contribution in [0.1, 0.15) is 39.5 Å². The average Bonchev–Trinajstić information content (AvgIpc) is 3.11. The molecule has 2 aromatic heterocycles. The maximum atomic E-state index is 12.8. The predicted molar refractivity (Wildman–Crippen MR) is 108 cm³/mol. The fourth-order valence-corrected chi connectivity index (χ4v) is 3.81. The molecule has 0 bridgehead atoms. The minimum atomic E-state index is -0.0578. The van der Waals surface area contributed by atoms with Gasteiger partial charge in [0.15, 0.2) is 5.16 Å². The van der Waals surface area contributed by atoms with Gasteiger partial charge in [-0.05, 0) is 25.0 Å². The molecule has 0 saturated heterocycles. The number of hydrogen-bond donors (Lipinski definition) is 1. The van der Waals surface area contributed by atoms with Crippen LogP contribution in [0.4, 0.5) is 0 Å². The summed E-state index contributed by atoms with van der Waals surface area (Å²) in [4.78, 5) is 24.9. The third kappa shape index (κ3) is 4.16. The largest absolute Gasteiger partial charge is 0.355 e. The van der Waals surface area contributed by atoms with Crippen molar-refractivity contribution in [1.29, 1.82) is 0 Å². The number of unbranched alkanes of at least 4 members (excludes halogenated alkanes) is 2. The first-order chi connectivity index (χ1) is 13.2. The quantitative estimate of drug-likeness (QED) is 0.451. The summed E-state index contributed by atoms with van der Waals surface area (Å²) in [5.41, 5.74) is 0.707. The number of rotatable bonds is 9. The Morgan fingerprint density at radius 2 is 1.96 bits per heavy atom. The monoisotopic (exact) mass is 387 g/mol. The van der Waals surface area contributed by atoms with Crippen molar-refractivity contribution in [2.75, 3.05) is 12.3 Å². The van der Waals surface area contributed by atoms with Crippen molar-refractivity contribution in [1.82, 2.24) is 24.5 Å². The second kappa shape index (κ2) is 9.03. The second-order valence-electron chi connectivity index (χ2n) is 6.44. The Balaban J connectivity index is 1.89. The van der Waals surface area contributed by atoms with E-state index in [1.807, 2.05) is 35.6 Å². The number of carbonyl (C=O) groups is 1. The molecule has 0 aliphatic carbocycles. The number of carbonyl (C=O) groups excluding carboxylic acids is 1. The first-order valence-electron chi connectivity index (χ1n) is 9.43. The normalized spacial score (nSPS) is 11.3. The summed E-state index contributed by atoms with van der Waals surface area (Å²) in [6.07, 6.45) is 4.06. The highest BCUT2D eigenvalue weighted by atomic mass is 32.2. The molecular weight excluding hydrogens is 362 g/mol. The standard InChI is InChI=1S/C19H25N5O2S/c1-3-5-8-11-20-16(25)13-27-19-22-21-18-23(12-4-2)17(26)14-9-6-7-10-15(14)24(18)19/h6-7,9-10H,3-5,8,11-13H2,1-2H3,(H,20,25). The molecule has 8 heteroatoms. The molecule has 0 aliphatic rings. The summed E-state index contributed by atoms with van der Waals surface area (Å²) >= 11 is 1.34. The maximum Gasteiger partial charge on any atom is 0.262 e. The van der Waals surface area contributed by atoms with Crippen LogP contribution in [-0.2, 0) is 11.3 Å². The zero-order chi connectivity index (χ0) is 19.2. The summed E-state index contributed by atoms with van der Waals surface area (Å²) in [5, 5.41) is 12.7. The summed E-state index contributed by atoms with van der Waals surface area (Å²) in [6.45, 7) is 5.43. The lowest BCUT2D eigenvalue weighted by Crippen LogP contribution is -2.26. The SMILES string of the molecule is CCCCCNC(=O)CSc1nnc2n(CCC)c(=O)c3ccccc3n12. The highest BCUT2D eigenvalue weighted by Gasteiger charge is 2.17. The number of aromatic nitrogens is 4. The van der Waals surface area contributed by atoms with Crippen LogP contribution < -0.4 is 10.9 Å². The van der Waals surface area contributed by atoms with E-state index >= 15 is 0 Å². The number of para-hydroxylation sites is 1. The van der Waals surface area contributed by atoms with Crippen LogP contribution in [0.3, 0.4) is 0 Å². The van der Waals surface area contributed by atoms with Gasteiger partial charge in [0.1, 0.15) is 0 Å². The molecule has 1 amide bonds. The van der Waals surface area contributed by atoms with Gasteiger partial charge in [-0.1, -0.05) is 50.6 Å². The molecule has 3 aromatic rings. The fraction of sp³-hybridized carbons (Fsp3) is 0.474. The fourth-order valence-electron chi connectivity index (χ4n) is 3.04. The van der Waals surface area contributed by atoms with E-state index in [1.54, 1.807) is 4.57 Å². The van der Waals surface area contributed by atoms with Gasteiger partial charge in [-0.2, -0.15) is 0 Å². The lowest BCUT2D eigenvalue weighted by atomic mass is 10.2. The van der Waals surface area contributed by atoms with Crippen molar-refractivity contribution >= 4 is 34.3 Å². The Labute approximate surface area is 162 Å². The highest BCUT2D eigenvalue weighted by Crippen LogP contribution is 2.21. The second-order valence-corrected chi connectivity index (χ2v) is 7.38. The van der Waals surface area contributed by atoms with E-state index in [1.165, 1.54) is 11.8 Å². The molecule has 1 aromatic carbocycles. The molecule has 0 radical (unpaired) electrons. The highest BCUT2D eigenvalue weighted by molar-refractivity contribution is 7.99. The molecular formula is C19H25N5O2S. The van der Waals surface area contributed by atoms with E-state index in [2.05, 4.69) is 22.4 Å². The molecule has 0 aliphatic heterocycles. The molecule has 0 unspecified atom stereocenters. The number of nitrogens with zero attached hydrogens (tertiary/aromatic N) is 4. The first kappa shape index (κ1) is 19.4. The summed E-state index contributed by atoms with van der Waals surface area (Å²) in [7, 11) is 0. The predicted octanol–water partition coefficient (Wildman–Crippen LogP) is 2.85. The Morgan fingerprint density at radius 3 is 2.74 bits per heavy atom. The molecule has 0 fully saturated rings. The van der Waals surface area contributed by atoms with E-state index in [9.17, 15) is 9.59 Å². The molecule has 3 rings (SSSR count). The van der Waals surface area contributed by atoms with Gasteiger partial charge in [-0.25, -0.2) is 0 Å². The van der Waals surface area contributed by atoms with Gasteiger partial charge in [0, 0.05) is 13.1 Å². The van der Waals surface area contributed by atoms with E-state index in [0.29, 0.717) is 29.4 Å². The Kier molecular flexibility index (Phi) is 6.49. The van der Waals surface area contributed by atoms with Crippen LogP contribution in [0.2, 0.25) is 0 Å². The van der Waals surface area contributed by atoms with Gasteiger partial charge in [-0.3, -0.25) is 18.6 Å². The Bertz CT molecular complexity index is 995. The van der Waals surface area contributed by atoms with Crippen molar-refractivity contribution in [3.63, 3.8) is 0 Å². The molecule has 2 heterocycles. The third-order valence-electron chi connectivity index (χ3n) is 4.36. The minimum Gasteiger partial charge on any atom is -0.355 e. The molecule has 7 nitrogen and oxygen atoms in total. The topological polar surface area (TPSA) is 81.3 Å². The van der Waals surface area contributed by atoms with Gasteiger partial charge < -0.3 is 5.32 Å². The van der Waals surface area contributed by atoms with Gasteiger partial charge >= 0.3 is 0 Å². The Hall–Kier alpha value is -2.35. The van der Waals surface area contributed by atoms with E-state index in [4.69, 9.17) is 0 Å². The number of amides is 1. The number of aryl methyl sites for hydroxylation is 1. The Morgan fingerprint density at radius 1 is 1.15 bits per heavy atom. The maximum absolute atomic E-state index is 12.8. The molecule has 0 atom stereocenters. The smallest absolute Gasteiger partial charge is 0.262 e. The summed E-state index contributed by atoms with van der Waals surface area (Å²) < 4.78 is 3.53. The zero-order valence-electron chi connectivity index (χ0n) is 15.8. The van der Waals surface area contributed by atoms with E-state index in [0.717, 1.165) is 31.2 Å². The summed E-state index contributed by atoms with van der Waals surface area (Å²) in [5.74, 6) is 0.777. The van der Waals surface area contributed by atoms with Crippen molar-refractivity contribution in [2.45, 2.75) is 51.2 Å². The minimum absolute atomic E-state index is 0.0148. The number of fused-ring (bicyclic) bond motifs is 3. The van der Waals surface area contributed by atoms with Crippen molar-refractivity contribution in [3.05, 3.63) is 34.6 Å². The number of hydrogen-bond acceptors (Lipinski definition) is 5. The number of benzene rings is 1. The van der Waals surface area contributed by atoms with Crippen LogP contribution in [0.15, 0.2) is 34.2 Å². The van der Waals surface area contributed by atoms with Crippen molar-refractivity contribution in [3.8, 4) is 0 Å². The van der Waals surface area contributed by atoms with Crippen LogP contribution in [0.25, 0.3) is 16.7 Å². The number of nitrogens with one attached hydrogen (secondary N) is 1.